The minimum atomic E-state index is 0.440. The summed E-state index contributed by atoms with van der Waals surface area (Å²) in [5.41, 5.74) is 2.49. The van der Waals surface area contributed by atoms with Crippen LogP contribution in [0.4, 0.5) is 0 Å². The molecule has 3 aromatic heterocycles. The van der Waals surface area contributed by atoms with Crippen LogP contribution in [0.3, 0.4) is 0 Å². The first-order valence-electron chi connectivity index (χ1n) is 7.13. The number of ether oxygens (including phenoxy) is 1. The van der Waals surface area contributed by atoms with Crippen LogP contribution in [0, 0.1) is 6.92 Å². The number of nitrogens with zero attached hydrogens (tertiary/aromatic N) is 3. The first-order valence-corrected chi connectivity index (χ1v) is 7.13. The summed E-state index contributed by atoms with van der Waals surface area (Å²) in [4.78, 5) is 7.66. The summed E-state index contributed by atoms with van der Waals surface area (Å²) in [6.07, 6.45) is 0.467. The Kier molecular flexibility index (Phi) is 3.11. The SMILES string of the molecule is COc1ccc2cc(-c3nc(Cc4cc(C)on4)no3)[nH]c2c1. The van der Waals surface area contributed by atoms with Crippen LogP contribution in [0.15, 0.2) is 39.4 Å². The van der Waals surface area contributed by atoms with Crippen LogP contribution in [0.5, 0.6) is 5.75 Å². The van der Waals surface area contributed by atoms with Gasteiger partial charge in [0.25, 0.3) is 5.89 Å². The molecule has 0 amide bonds. The number of H-pyrrole nitrogens is 1. The van der Waals surface area contributed by atoms with Crippen molar-refractivity contribution in [3.05, 3.63) is 47.6 Å². The second-order valence-corrected chi connectivity index (χ2v) is 5.26. The summed E-state index contributed by atoms with van der Waals surface area (Å²) in [7, 11) is 1.64. The van der Waals surface area contributed by atoms with Gasteiger partial charge in [-0.3, -0.25) is 0 Å². The van der Waals surface area contributed by atoms with Gasteiger partial charge < -0.3 is 18.8 Å². The summed E-state index contributed by atoms with van der Waals surface area (Å²) in [5, 5.41) is 8.97. The number of rotatable bonds is 4. The van der Waals surface area contributed by atoms with Crippen molar-refractivity contribution in [1.29, 1.82) is 0 Å². The van der Waals surface area contributed by atoms with E-state index in [-0.39, 0.29) is 0 Å². The summed E-state index contributed by atoms with van der Waals surface area (Å²) in [5.74, 6) is 2.55. The highest BCUT2D eigenvalue weighted by Gasteiger charge is 2.13. The molecule has 0 aliphatic carbocycles. The Labute approximate surface area is 131 Å². The number of nitrogens with one attached hydrogen (secondary N) is 1. The normalized spacial score (nSPS) is 11.2. The second kappa shape index (κ2) is 5.28. The summed E-state index contributed by atoms with van der Waals surface area (Å²) in [6.45, 7) is 1.84. The number of aryl methyl sites for hydroxylation is 1. The Balaban J connectivity index is 1.63. The van der Waals surface area contributed by atoms with Crippen molar-refractivity contribution in [3.8, 4) is 17.3 Å². The molecule has 0 aliphatic heterocycles. The van der Waals surface area contributed by atoms with Crippen LogP contribution >= 0.6 is 0 Å². The number of aromatic nitrogens is 4. The molecule has 7 heteroatoms. The fraction of sp³-hybridized carbons (Fsp3) is 0.188. The molecular weight excluding hydrogens is 296 g/mol. The number of benzene rings is 1. The Bertz CT molecular complexity index is 967. The van der Waals surface area contributed by atoms with Gasteiger partial charge in [-0.2, -0.15) is 4.98 Å². The third kappa shape index (κ3) is 2.57. The molecule has 0 bridgehead atoms. The second-order valence-electron chi connectivity index (χ2n) is 5.26. The first kappa shape index (κ1) is 13.6. The lowest BCUT2D eigenvalue weighted by Crippen LogP contribution is -1.90. The molecule has 0 atom stereocenters. The standard InChI is InChI=1S/C16H14N4O3/c1-9-5-11(19-22-9)7-15-18-16(23-20-15)14-6-10-3-4-12(21-2)8-13(10)17-14/h3-6,8,17H,7H2,1-2H3. The molecule has 0 unspecified atom stereocenters. The zero-order valence-electron chi connectivity index (χ0n) is 12.7. The van der Waals surface area contributed by atoms with Crippen LogP contribution in [0.1, 0.15) is 17.3 Å². The maximum atomic E-state index is 5.33. The average Bonchev–Trinajstić information content (AvgIpc) is 3.26. The van der Waals surface area contributed by atoms with E-state index in [1.165, 1.54) is 0 Å². The molecule has 0 saturated heterocycles. The molecule has 1 N–H and O–H groups in total. The van der Waals surface area contributed by atoms with Crippen LogP contribution in [0.25, 0.3) is 22.5 Å². The summed E-state index contributed by atoms with van der Waals surface area (Å²) in [6, 6.07) is 9.63. The van der Waals surface area contributed by atoms with Crippen molar-refractivity contribution < 1.29 is 13.8 Å². The zero-order chi connectivity index (χ0) is 15.8. The predicted octanol–water partition coefficient (Wildman–Crippen LogP) is 3.11. The van der Waals surface area contributed by atoms with Gasteiger partial charge in [-0.25, -0.2) is 0 Å². The smallest absolute Gasteiger partial charge is 0.274 e. The molecule has 3 heterocycles. The lowest BCUT2D eigenvalue weighted by Gasteiger charge is -1.97. The molecule has 0 saturated carbocycles. The largest absolute Gasteiger partial charge is 0.497 e. The van der Waals surface area contributed by atoms with E-state index in [1.807, 2.05) is 37.3 Å². The van der Waals surface area contributed by atoms with Crippen molar-refractivity contribution in [2.24, 2.45) is 0 Å². The molecule has 23 heavy (non-hydrogen) atoms. The van der Waals surface area contributed by atoms with Gasteiger partial charge in [0.05, 0.1) is 19.2 Å². The maximum absolute atomic E-state index is 5.33. The van der Waals surface area contributed by atoms with Gasteiger partial charge in [-0.15, -0.1) is 0 Å². The van der Waals surface area contributed by atoms with Gasteiger partial charge in [0.2, 0.25) is 0 Å². The highest BCUT2D eigenvalue weighted by atomic mass is 16.5. The lowest BCUT2D eigenvalue weighted by molar-refractivity contribution is 0.390. The van der Waals surface area contributed by atoms with E-state index in [1.54, 1.807) is 7.11 Å². The highest BCUT2D eigenvalue weighted by Crippen LogP contribution is 2.26. The van der Waals surface area contributed by atoms with Crippen LogP contribution in [-0.4, -0.2) is 27.4 Å². The molecular formula is C16H14N4O3. The average molecular weight is 310 g/mol. The minimum absolute atomic E-state index is 0.440. The van der Waals surface area contributed by atoms with E-state index >= 15 is 0 Å². The number of hydrogen-bond acceptors (Lipinski definition) is 6. The highest BCUT2D eigenvalue weighted by molar-refractivity contribution is 5.85. The fourth-order valence-corrected chi connectivity index (χ4v) is 2.45. The maximum Gasteiger partial charge on any atom is 0.274 e. The minimum Gasteiger partial charge on any atom is -0.497 e. The van der Waals surface area contributed by atoms with Gasteiger partial charge in [-0.1, -0.05) is 10.3 Å². The Morgan fingerprint density at radius 2 is 2.04 bits per heavy atom. The first-order chi connectivity index (χ1) is 11.2. The number of methoxy groups -OCH3 is 1. The zero-order valence-corrected chi connectivity index (χ0v) is 12.7. The molecule has 0 aliphatic rings. The van der Waals surface area contributed by atoms with E-state index in [9.17, 15) is 0 Å². The van der Waals surface area contributed by atoms with Crippen molar-refractivity contribution >= 4 is 10.9 Å². The molecule has 0 spiro atoms. The quantitative estimate of drug-likeness (QED) is 0.623. The van der Waals surface area contributed by atoms with Gasteiger partial charge in [-0.05, 0) is 25.1 Å². The molecule has 116 valence electrons. The molecule has 0 radical (unpaired) electrons. The monoisotopic (exact) mass is 310 g/mol. The molecule has 1 aromatic carbocycles. The third-order valence-electron chi connectivity index (χ3n) is 3.54. The number of hydrogen-bond donors (Lipinski definition) is 1. The van der Waals surface area contributed by atoms with Crippen molar-refractivity contribution in [2.75, 3.05) is 7.11 Å². The van der Waals surface area contributed by atoms with Gasteiger partial charge in [0, 0.05) is 23.0 Å². The van der Waals surface area contributed by atoms with Gasteiger partial charge >= 0.3 is 0 Å². The van der Waals surface area contributed by atoms with Crippen LogP contribution in [-0.2, 0) is 6.42 Å². The fourth-order valence-electron chi connectivity index (χ4n) is 2.45. The summed E-state index contributed by atoms with van der Waals surface area (Å²) >= 11 is 0. The van der Waals surface area contributed by atoms with E-state index in [2.05, 4.69) is 20.3 Å². The Morgan fingerprint density at radius 1 is 1.13 bits per heavy atom. The van der Waals surface area contributed by atoms with Crippen LogP contribution < -0.4 is 4.74 Å². The molecule has 4 rings (SSSR count). The third-order valence-corrected chi connectivity index (χ3v) is 3.54. The predicted molar refractivity (Wildman–Crippen MR) is 82.2 cm³/mol. The summed E-state index contributed by atoms with van der Waals surface area (Å²) < 4.78 is 15.6. The number of fused-ring (bicyclic) bond motifs is 1. The van der Waals surface area contributed by atoms with Crippen molar-refractivity contribution in [3.63, 3.8) is 0 Å². The Morgan fingerprint density at radius 3 is 2.83 bits per heavy atom. The molecule has 7 nitrogen and oxygen atoms in total. The van der Waals surface area contributed by atoms with E-state index in [0.29, 0.717) is 18.1 Å². The molecule has 0 fully saturated rings. The Hall–Kier alpha value is -3.09. The topological polar surface area (TPSA) is 90.0 Å². The number of aromatic amines is 1. The van der Waals surface area contributed by atoms with E-state index in [0.717, 1.165) is 33.8 Å². The van der Waals surface area contributed by atoms with Gasteiger partial charge in [0.15, 0.2) is 5.82 Å². The van der Waals surface area contributed by atoms with Crippen molar-refractivity contribution in [1.82, 2.24) is 20.3 Å². The van der Waals surface area contributed by atoms with E-state index in [4.69, 9.17) is 13.8 Å². The van der Waals surface area contributed by atoms with Crippen molar-refractivity contribution in [2.45, 2.75) is 13.3 Å². The van der Waals surface area contributed by atoms with E-state index < -0.39 is 0 Å². The van der Waals surface area contributed by atoms with Gasteiger partial charge in [0.1, 0.15) is 17.2 Å². The molecule has 4 aromatic rings. The lowest BCUT2D eigenvalue weighted by atomic mass is 10.2. The van der Waals surface area contributed by atoms with Crippen LogP contribution in [0.2, 0.25) is 0 Å².